The van der Waals surface area contributed by atoms with Crippen LogP contribution in [0.1, 0.15) is 12.8 Å². The summed E-state index contributed by atoms with van der Waals surface area (Å²) in [7, 11) is 5.25. The number of amides is 1. The quantitative estimate of drug-likeness (QED) is 0.643. The third kappa shape index (κ3) is 3.42. The van der Waals surface area contributed by atoms with Crippen molar-refractivity contribution in [3.63, 3.8) is 0 Å². The molecule has 21 heavy (non-hydrogen) atoms. The van der Waals surface area contributed by atoms with Crippen molar-refractivity contribution < 1.29 is 14.3 Å². The van der Waals surface area contributed by atoms with Gasteiger partial charge in [-0.25, -0.2) is 0 Å². The second kappa shape index (κ2) is 5.99. The molecule has 1 aromatic rings. The first-order valence-corrected chi connectivity index (χ1v) is 6.82. The van der Waals surface area contributed by atoms with Gasteiger partial charge < -0.3 is 15.0 Å². The Kier molecular flexibility index (Phi) is 4.31. The molecule has 0 unspecified atom stereocenters. The smallest absolute Gasteiger partial charge is 0.238 e. The van der Waals surface area contributed by atoms with Crippen molar-refractivity contribution in [2.75, 3.05) is 26.5 Å². The molecule has 1 saturated carbocycles. The number of ether oxygens (including phenoxy) is 1. The normalized spacial score (nSPS) is 15.6. The van der Waals surface area contributed by atoms with Crippen LogP contribution in [0.25, 0.3) is 0 Å². The fourth-order valence-corrected chi connectivity index (χ4v) is 2.01. The molecule has 0 radical (unpaired) electrons. The first-order valence-electron chi connectivity index (χ1n) is 6.82. The third-order valence-electron chi connectivity index (χ3n) is 3.53. The summed E-state index contributed by atoms with van der Waals surface area (Å²) in [6, 6.07) is 7.05. The molecule has 5 nitrogen and oxygen atoms in total. The SMILES string of the molecule is COc1ccc(NC(=O)C2(C(=O)/C=C/N(C)C)CC2)cc1. The highest BCUT2D eigenvalue weighted by atomic mass is 16.5. The number of anilines is 1. The molecule has 0 saturated heterocycles. The Hall–Kier alpha value is -2.30. The first-order chi connectivity index (χ1) is 9.98. The molecule has 0 spiro atoms. The minimum atomic E-state index is -0.883. The van der Waals surface area contributed by atoms with Crippen LogP contribution in [0.5, 0.6) is 5.75 Å². The standard InChI is InChI=1S/C16H20N2O3/c1-18(2)11-8-14(19)16(9-10-16)15(20)17-12-4-6-13(21-3)7-5-12/h4-8,11H,9-10H2,1-3H3,(H,17,20)/b11-8+. The molecule has 5 heteroatoms. The molecule has 0 aromatic heterocycles. The zero-order valence-electron chi connectivity index (χ0n) is 12.6. The second-order valence-corrected chi connectivity index (χ2v) is 5.41. The van der Waals surface area contributed by atoms with E-state index in [1.807, 2.05) is 14.1 Å². The van der Waals surface area contributed by atoms with E-state index < -0.39 is 5.41 Å². The van der Waals surface area contributed by atoms with Gasteiger partial charge in [0.25, 0.3) is 0 Å². The summed E-state index contributed by atoms with van der Waals surface area (Å²) >= 11 is 0. The van der Waals surface area contributed by atoms with Gasteiger partial charge in [0, 0.05) is 26.0 Å². The zero-order chi connectivity index (χ0) is 15.5. The van der Waals surface area contributed by atoms with Crippen molar-refractivity contribution in [1.29, 1.82) is 0 Å². The molecule has 0 aliphatic heterocycles. The van der Waals surface area contributed by atoms with Crippen LogP contribution in [-0.2, 0) is 9.59 Å². The van der Waals surface area contributed by atoms with Crippen LogP contribution in [0.2, 0.25) is 0 Å². The van der Waals surface area contributed by atoms with Crippen LogP contribution in [0.4, 0.5) is 5.69 Å². The zero-order valence-corrected chi connectivity index (χ0v) is 12.6. The Morgan fingerprint density at radius 1 is 1.24 bits per heavy atom. The maximum Gasteiger partial charge on any atom is 0.238 e. The van der Waals surface area contributed by atoms with Gasteiger partial charge in [0.05, 0.1) is 7.11 Å². The molecule has 1 fully saturated rings. The third-order valence-corrected chi connectivity index (χ3v) is 3.53. The van der Waals surface area contributed by atoms with E-state index in [4.69, 9.17) is 4.74 Å². The minimum Gasteiger partial charge on any atom is -0.497 e. The lowest BCUT2D eigenvalue weighted by molar-refractivity contribution is -0.130. The van der Waals surface area contributed by atoms with Gasteiger partial charge in [-0.05, 0) is 43.2 Å². The van der Waals surface area contributed by atoms with E-state index in [9.17, 15) is 9.59 Å². The number of nitrogens with zero attached hydrogens (tertiary/aromatic N) is 1. The van der Waals surface area contributed by atoms with E-state index in [1.165, 1.54) is 6.08 Å². The Balaban J connectivity index is 2.03. The molecule has 0 atom stereocenters. The number of carbonyl (C=O) groups is 2. The Morgan fingerprint density at radius 3 is 2.33 bits per heavy atom. The lowest BCUT2D eigenvalue weighted by Gasteiger charge is -2.13. The van der Waals surface area contributed by atoms with Gasteiger partial charge in [-0.1, -0.05) is 0 Å². The number of ketones is 1. The first kappa shape index (κ1) is 15.1. The molecule has 1 amide bonds. The number of allylic oxidation sites excluding steroid dienone is 1. The molecule has 0 heterocycles. The summed E-state index contributed by atoms with van der Waals surface area (Å²) in [5.41, 5.74) is -0.219. The lowest BCUT2D eigenvalue weighted by atomic mass is 9.99. The number of carbonyl (C=O) groups excluding carboxylic acids is 2. The predicted molar refractivity (Wildman–Crippen MR) is 81.1 cm³/mol. The van der Waals surface area contributed by atoms with Gasteiger partial charge in [-0.2, -0.15) is 0 Å². The topological polar surface area (TPSA) is 58.6 Å². The van der Waals surface area contributed by atoms with Crippen LogP contribution in [0, 0.1) is 5.41 Å². The van der Waals surface area contributed by atoms with Crippen molar-refractivity contribution in [2.24, 2.45) is 5.41 Å². The fourth-order valence-electron chi connectivity index (χ4n) is 2.01. The largest absolute Gasteiger partial charge is 0.497 e. The number of hydrogen-bond donors (Lipinski definition) is 1. The lowest BCUT2D eigenvalue weighted by Crippen LogP contribution is -2.30. The highest BCUT2D eigenvalue weighted by molar-refractivity contribution is 6.17. The van der Waals surface area contributed by atoms with E-state index in [2.05, 4.69) is 5.32 Å². The molecule has 1 aromatic carbocycles. The molecular formula is C16H20N2O3. The van der Waals surface area contributed by atoms with Gasteiger partial charge in [-0.3, -0.25) is 9.59 Å². The van der Waals surface area contributed by atoms with Crippen LogP contribution in [0.15, 0.2) is 36.5 Å². The van der Waals surface area contributed by atoms with E-state index >= 15 is 0 Å². The summed E-state index contributed by atoms with van der Waals surface area (Å²) in [5.74, 6) is 0.349. The minimum absolute atomic E-state index is 0.137. The van der Waals surface area contributed by atoms with Crippen molar-refractivity contribution in [1.82, 2.24) is 4.90 Å². The molecule has 1 aliphatic rings. The Morgan fingerprint density at radius 2 is 1.86 bits per heavy atom. The highest BCUT2D eigenvalue weighted by Gasteiger charge is 2.55. The van der Waals surface area contributed by atoms with Crippen LogP contribution >= 0.6 is 0 Å². The fraction of sp³-hybridized carbons (Fsp3) is 0.375. The van der Waals surface area contributed by atoms with Crippen molar-refractivity contribution in [2.45, 2.75) is 12.8 Å². The second-order valence-electron chi connectivity index (χ2n) is 5.41. The number of hydrogen-bond acceptors (Lipinski definition) is 4. The Bertz CT molecular complexity index is 557. The Labute approximate surface area is 124 Å². The molecule has 1 N–H and O–H groups in total. The maximum atomic E-state index is 12.3. The number of benzene rings is 1. The summed E-state index contributed by atoms with van der Waals surface area (Å²) in [6.07, 6.45) is 4.35. The van der Waals surface area contributed by atoms with E-state index in [1.54, 1.807) is 42.5 Å². The van der Waals surface area contributed by atoms with Crippen LogP contribution in [-0.4, -0.2) is 37.8 Å². The highest BCUT2D eigenvalue weighted by Crippen LogP contribution is 2.47. The molecule has 1 aliphatic carbocycles. The summed E-state index contributed by atoms with van der Waals surface area (Å²) < 4.78 is 5.07. The molecular weight excluding hydrogens is 268 g/mol. The van der Waals surface area contributed by atoms with Gasteiger partial charge in [0.1, 0.15) is 11.2 Å². The number of rotatable bonds is 6. The van der Waals surface area contributed by atoms with Gasteiger partial charge in [0.15, 0.2) is 5.78 Å². The monoisotopic (exact) mass is 288 g/mol. The number of methoxy groups -OCH3 is 1. The summed E-state index contributed by atoms with van der Waals surface area (Å²) in [5, 5.41) is 2.80. The van der Waals surface area contributed by atoms with Crippen molar-refractivity contribution >= 4 is 17.4 Å². The van der Waals surface area contributed by atoms with E-state index in [0.29, 0.717) is 18.5 Å². The van der Waals surface area contributed by atoms with Crippen LogP contribution in [0.3, 0.4) is 0 Å². The van der Waals surface area contributed by atoms with E-state index in [-0.39, 0.29) is 11.7 Å². The van der Waals surface area contributed by atoms with Gasteiger partial charge in [0.2, 0.25) is 5.91 Å². The predicted octanol–water partition coefficient (Wildman–Crippen LogP) is 2.06. The summed E-state index contributed by atoms with van der Waals surface area (Å²) in [6.45, 7) is 0. The summed E-state index contributed by atoms with van der Waals surface area (Å²) in [4.78, 5) is 26.3. The van der Waals surface area contributed by atoms with Crippen molar-refractivity contribution in [3.05, 3.63) is 36.5 Å². The number of nitrogens with one attached hydrogen (secondary N) is 1. The van der Waals surface area contributed by atoms with Gasteiger partial charge >= 0.3 is 0 Å². The van der Waals surface area contributed by atoms with Crippen molar-refractivity contribution in [3.8, 4) is 5.75 Å². The molecule has 0 bridgehead atoms. The average molecular weight is 288 g/mol. The maximum absolute atomic E-state index is 12.3. The van der Waals surface area contributed by atoms with Crippen LogP contribution < -0.4 is 10.1 Å². The van der Waals surface area contributed by atoms with Gasteiger partial charge in [-0.15, -0.1) is 0 Å². The van der Waals surface area contributed by atoms with E-state index in [0.717, 1.165) is 5.75 Å². The molecule has 112 valence electrons. The molecule has 2 rings (SSSR count). The average Bonchev–Trinajstić information content (AvgIpc) is 3.27.